The van der Waals surface area contributed by atoms with Gasteiger partial charge in [0.2, 0.25) is 0 Å². The lowest BCUT2D eigenvalue weighted by Gasteiger charge is -2.25. The maximum absolute atomic E-state index is 14.6. The number of hydrogen-bond acceptors (Lipinski definition) is 2. The molecule has 0 amide bonds. The highest BCUT2D eigenvalue weighted by atomic mass is 35.5. The second-order valence-electron chi connectivity index (χ2n) is 8.94. The van der Waals surface area contributed by atoms with Crippen molar-refractivity contribution in [2.45, 2.75) is 49.9 Å². The van der Waals surface area contributed by atoms with Gasteiger partial charge in [-0.25, -0.2) is 13.8 Å². The van der Waals surface area contributed by atoms with Gasteiger partial charge in [-0.05, 0) is 86.2 Å². The van der Waals surface area contributed by atoms with Crippen molar-refractivity contribution in [3.63, 3.8) is 0 Å². The first kappa shape index (κ1) is 24.4. The third-order valence-corrected chi connectivity index (χ3v) is 8.50. The molecule has 5 rings (SSSR count). The summed E-state index contributed by atoms with van der Waals surface area (Å²) in [6, 6.07) is 15.7. The molecule has 2 nitrogen and oxygen atoms in total. The molecule has 180 valence electrons. The third-order valence-electron chi connectivity index (χ3n) is 6.59. The number of hydrogen-bond donors (Lipinski definition) is 0. The summed E-state index contributed by atoms with van der Waals surface area (Å²) in [7, 11) is 0. The van der Waals surface area contributed by atoms with Crippen LogP contribution in [0.2, 0.25) is 10.0 Å². The van der Waals surface area contributed by atoms with E-state index in [4.69, 9.17) is 28.2 Å². The van der Waals surface area contributed by atoms with E-state index in [1.54, 1.807) is 18.2 Å². The van der Waals surface area contributed by atoms with E-state index in [9.17, 15) is 8.78 Å². The summed E-state index contributed by atoms with van der Waals surface area (Å²) in [6.45, 7) is 3.88. The van der Waals surface area contributed by atoms with Crippen LogP contribution in [0.3, 0.4) is 0 Å². The normalized spacial score (nSPS) is 15.3. The lowest BCUT2D eigenvalue weighted by molar-refractivity contribution is 0.586. The monoisotopic (exact) mass is 528 g/mol. The first-order chi connectivity index (χ1) is 16.8. The Labute approximate surface area is 218 Å². The van der Waals surface area contributed by atoms with Crippen LogP contribution in [-0.2, 0) is 12.2 Å². The standard InChI is InChI=1S/C28H24Cl2F2N2S/c1-16-6-13-24(32)22(26(16)30)15-35-28-33-25-5-3-4-21(18-7-12-23(29)17(2)14-18)27(25)34(28)20-10-8-19(31)9-11-20/h6-14,21H,3-5,15H2,1-2H3. The van der Waals surface area contributed by atoms with E-state index >= 15 is 0 Å². The summed E-state index contributed by atoms with van der Waals surface area (Å²) in [5.74, 6) is -0.155. The van der Waals surface area contributed by atoms with Crippen LogP contribution in [0.15, 0.2) is 59.8 Å². The molecule has 0 fully saturated rings. The van der Waals surface area contributed by atoms with Crippen molar-refractivity contribution in [3.8, 4) is 5.69 Å². The zero-order chi connectivity index (χ0) is 24.7. The summed E-state index contributed by atoms with van der Waals surface area (Å²) in [5.41, 5.74) is 6.47. The Morgan fingerprint density at radius 1 is 1.00 bits per heavy atom. The highest BCUT2D eigenvalue weighted by molar-refractivity contribution is 7.98. The van der Waals surface area contributed by atoms with Gasteiger partial charge in [0.1, 0.15) is 11.6 Å². The molecule has 1 heterocycles. The first-order valence-electron chi connectivity index (χ1n) is 11.5. The minimum atomic E-state index is -0.327. The summed E-state index contributed by atoms with van der Waals surface area (Å²) in [4.78, 5) is 5.00. The quantitative estimate of drug-likeness (QED) is 0.241. The Balaban J connectivity index is 1.62. The topological polar surface area (TPSA) is 17.8 Å². The van der Waals surface area contributed by atoms with Crippen molar-refractivity contribution in [2.75, 3.05) is 0 Å². The van der Waals surface area contributed by atoms with Gasteiger partial charge >= 0.3 is 0 Å². The largest absolute Gasteiger partial charge is 0.291 e. The van der Waals surface area contributed by atoms with Gasteiger partial charge in [-0.3, -0.25) is 4.57 Å². The lowest BCUT2D eigenvalue weighted by atomic mass is 9.83. The van der Waals surface area contributed by atoms with E-state index in [1.807, 2.05) is 19.9 Å². The molecule has 1 unspecified atom stereocenters. The Morgan fingerprint density at radius 2 is 1.77 bits per heavy atom. The fourth-order valence-corrected chi connectivity index (χ4v) is 6.22. The number of imidazole rings is 1. The number of aryl methyl sites for hydroxylation is 3. The molecule has 0 spiro atoms. The summed E-state index contributed by atoms with van der Waals surface area (Å²) >= 11 is 14.2. The molecule has 7 heteroatoms. The Morgan fingerprint density at radius 3 is 2.51 bits per heavy atom. The molecule has 1 aromatic heterocycles. The molecule has 35 heavy (non-hydrogen) atoms. The molecule has 0 saturated carbocycles. The number of halogens is 4. The Hall–Kier alpha value is -2.34. The number of benzene rings is 3. The van der Waals surface area contributed by atoms with Crippen LogP contribution in [0.1, 0.15) is 52.4 Å². The molecule has 0 saturated heterocycles. The summed E-state index contributed by atoms with van der Waals surface area (Å²) in [5, 5.41) is 1.93. The van der Waals surface area contributed by atoms with Gasteiger partial charge in [0.25, 0.3) is 0 Å². The molecule has 0 aliphatic heterocycles. The van der Waals surface area contributed by atoms with Crippen molar-refractivity contribution in [1.29, 1.82) is 0 Å². The van der Waals surface area contributed by atoms with Crippen molar-refractivity contribution >= 4 is 35.0 Å². The van der Waals surface area contributed by atoms with Crippen LogP contribution in [0, 0.1) is 25.5 Å². The van der Waals surface area contributed by atoms with Gasteiger partial charge in [-0.1, -0.05) is 53.2 Å². The number of thioether (sulfide) groups is 1. The number of rotatable bonds is 5. The minimum absolute atomic E-state index is 0.126. The van der Waals surface area contributed by atoms with E-state index < -0.39 is 0 Å². The van der Waals surface area contributed by atoms with Crippen LogP contribution in [-0.4, -0.2) is 9.55 Å². The summed E-state index contributed by atoms with van der Waals surface area (Å²) in [6.07, 6.45) is 2.85. The number of fused-ring (bicyclic) bond motifs is 1. The second-order valence-corrected chi connectivity index (χ2v) is 10.7. The molecule has 4 aromatic rings. The van der Waals surface area contributed by atoms with Crippen molar-refractivity contribution < 1.29 is 8.78 Å². The second kappa shape index (κ2) is 9.96. The van der Waals surface area contributed by atoms with E-state index in [1.165, 1.54) is 35.5 Å². The third kappa shape index (κ3) is 4.74. The Bertz CT molecular complexity index is 1400. The van der Waals surface area contributed by atoms with Crippen LogP contribution in [0.25, 0.3) is 5.69 Å². The van der Waals surface area contributed by atoms with E-state index in [0.717, 1.165) is 57.6 Å². The molecule has 0 bridgehead atoms. The zero-order valence-electron chi connectivity index (χ0n) is 19.4. The number of aromatic nitrogens is 2. The average Bonchev–Trinajstić information content (AvgIpc) is 3.22. The SMILES string of the molecule is Cc1cc(C2CCCc3nc(SCc4c(F)ccc(C)c4Cl)n(-c4ccc(F)cc4)c32)ccc1Cl. The predicted octanol–water partition coefficient (Wildman–Crippen LogP) is 8.83. The van der Waals surface area contributed by atoms with Gasteiger partial charge in [-0.15, -0.1) is 0 Å². The van der Waals surface area contributed by atoms with Gasteiger partial charge < -0.3 is 0 Å². The molecular formula is C28H24Cl2F2N2S. The Kier molecular flexibility index (Phi) is 6.93. The summed E-state index contributed by atoms with van der Waals surface area (Å²) < 4.78 is 30.5. The first-order valence-corrected chi connectivity index (χ1v) is 13.3. The molecule has 3 aromatic carbocycles. The van der Waals surface area contributed by atoms with Crippen LogP contribution < -0.4 is 0 Å². The molecule has 0 N–H and O–H groups in total. The number of nitrogens with zero attached hydrogens (tertiary/aromatic N) is 2. The van der Waals surface area contributed by atoms with E-state index in [0.29, 0.717) is 16.3 Å². The van der Waals surface area contributed by atoms with E-state index in [2.05, 4.69) is 16.7 Å². The molecule has 1 aliphatic rings. The highest BCUT2D eigenvalue weighted by Gasteiger charge is 2.30. The lowest BCUT2D eigenvalue weighted by Crippen LogP contribution is -2.15. The van der Waals surface area contributed by atoms with Gasteiger partial charge in [0.05, 0.1) is 16.4 Å². The fourth-order valence-electron chi connectivity index (χ4n) is 4.74. The molecule has 1 atom stereocenters. The predicted molar refractivity (Wildman–Crippen MR) is 140 cm³/mol. The average molecular weight is 529 g/mol. The van der Waals surface area contributed by atoms with Crippen LogP contribution in [0.4, 0.5) is 8.78 Å². The molecule has 0 radical (unpaired) electrons. The van der Waals surface area contributed by atoms with Crippen molar-refractivity contribution in [2.24, 2.45) is 0 Å². The fraction of sp³-hybridized carbons (Fsp3) is 0.250. The smallest absolute Gasteiger partial charge is 0.173 e. The van der Waals surface area contributed by atoms with E-state index in [-0.39, 0.29) is 17.6 Å². The highest BCUT2D eigenvalue weighted by Crippen LogP contribution is 2.42. The minimum Gasteiger partial charge on any atom is -0.291 e. The van der Waals surface area contributed by atoms with Crippen molar-refractivity contribution in [1.82, 2.24) is 9.55 Å². The van der Waals surface area contributed by atoms with Gasteiger partial charge in [0, 0.05) is 27.9 Å². The van der Waals surface area contributed by atoms with Crippen LogP contribution in [0.5, 0.6) is 0 Å². The molecular weight excluding hydrogens is 505 g/mol. The van der Waals surface area contributed by atoms with Gasteiger partial charge in [-0.2, -0.15) is 0 Å². The maximum Gasteiger partial charge on any atom is 0.173 e. The van der Waals surface area contributed by atoms with Crippen molar-refractivity contribution in [3.05, 3.63) is 110 Å². The molecule has 1 aliphatic carbocycles. The zero-order valence-corrected chi connectivity index (χ0v) is 21.7. The maximum atomic E-state index is 14.6. The van der Waals surface area contributed by atoms with Crippen LogP contribution >= 0.6 is 35.0 Å². The van der Waals surface area contributed by atoms with Gasteiger partial charge in [0.15, 0.2) is 5.16 Å².